The van der Waals surface area contributed by atoms with Crippen LogP contribution in [0, 0.1) is 0 Å². The molecule has 0 radical (unpaired) electrons. The van der Waals surface area contributed by atoms with Crippen molar-refractivity contribution < 1.29 is 28.5 Å². The van der Waals surface area contributed by atoms with Crippen LogP contribution >= 0.6 is 23.8 Å². The number of rotatable bonds is 6. The number of ether oxygens (including phenoxy) is 5. The summed E-state index contributed by atoms with van der Waals surface area (Å²) in [5, 5.41) is 0.875. The quantitative estimate of drug-likeness (QED) is 0.351. The lowest BCUT2D eigenvalue weighted by Crippen LogP contribution is -2.67. The average molecular weight is 555 g/mol. The number of hydrogen-bond acceptors (Lipinski definition) is 7. The van der Waals surface area contributed by atoms with E-state index in [4.69, 9.17) is 47.5 Å². The minimum atomic E-state index is -0.900. The number of fused-ring (bicyclic) bond motifs is 4. The summed E-state index contributed by atoms with van der Waals surface area (Å²) in [6.45, 7) is 1.96. The summed E-state index contributed by atoms with van der Waals surface area (Å²) in [7, 11) is 6.11. The summed E-state index contributed by atoms with van der Waals surface area (Å²) in [5.74, 6) is 1.94. The highest BCUT2D eigenvalue weighted by atomic mass is 35.5. The molecule has 0 N–H and O–H groups in total. The molecule has 2 heterocycles. The lowest BCUT2D eigenvalue weighted by Gasteiger charge is -2.55. The van der Waals surface area contributed by atoms with E-state index in [-0.39, 0.29) is 5.91 Å². The predicted octanol–water partition coefficient (Wildman–Crippen LogP) is 5.86. The number of halogens is 1. The molecule has 8 nitrogen and oxygen atoms in total. The standard InChI is InChI=1S/C28H27ClN2O6S/c1-28-15-20(19-7-6-8-21(33-2)24(19)37-28)30(27(38)31(28)18-11-9-17(29)10-12-18)26(32)16-13-22(34-3)25(36-5)23(14-16)35-4/h6-14,20H,15H2,1-5H3/t20-,28-/m0/s1. The molecule has 2 bridgehead atoms. The van der Waals surface area contributed by atoms with E-state index in [9.17, 15) is 4.79 Å². The first-order chi connectivity index (χ1) is 18.3. The van der Waals surface area contributed by atoms with E-state index in [1.54, 1.807) is 36.3 Å². The van der Waals surface area contributed by atoms with Crippen LogP contribution in [0.25, 0.3) is 0 Å². The highest BCUT2D eigenvalue weighted by Gasteiger charge is 2.54. The van der Waals surface area contributed by atoms with E-state index in [1.807, 2.05) is 42.2 Å². The molecular weight excluding hydrogens is 528 g/mol. The van der Waals surface area contributed by atoms with Crippen LogP contribution in [0.2, 0.25) is 5.02 Å². The van der Waals surface area contributed by atoms with Crippen LogP contribution in [-0.2, 0) is 0 Å². The third-order valence-electron chi connectivity index (χ3n) is 6.88. The number of para-hydroxylation sites is 1. The Morgan fingerprint density at radius 2 is 1.61 bits per heavy atom. The van der Waals surface area contributed by atoms with Crippen LogP contribution in [0.4, 0.5) is 5.69 Å². The van der Waals surface area contributed by atoms with Gasteiger partial charge < -0.3 is 23.7 Å². The fraction of sp³-hybridized carbons (Fsp3) is 0.286. The van der Waals surface area contributed by atoms with Crippen molar-refractivity contribution in [3.05, 3.63) is 70.7 Å². The lowest BCUT2D eigenvalue weighted by atomic mass is 9.88. The topological polar surface area (TPSA) is 69.7 Å². The van der Waals surface area contributed by atoms with Gasteiger partial charge >= 0.3 is 0 Å². The van der Waals surface area contributed by atoms with Gasteiger partial charge in [0.25, 0.3) is 5.91 Å². The lowest BCUT2D eigenvalue weighted by molar-refractivity contribution is 0.0162. The van der Waals surface area contributed by atoms with Gasteiger partial charge in [0, 0.05) is 28.3 Å². The largest absolute Gasteiger partial charge is 0.493 e. The molecule has 3 aromatic rings. The number of nitrogens with zero attached hydrogens (tertiary/aromatic N) is 2. The summed E-state index contributed by atoms with van der Waals surface area (Å²) in [4.78, 5) is 17.8. The molecule has 0 aliphatic carbocycles. The first kappa shape index (κ1) is 25.9. The Labute approximate surface area is 231 Å². The van der Waals surface area contributed by atoms with E-state index >= 15 is 0 Å². The molecule has 5 rings (SSSR count). The van der Waals surface area contributed by atoms with Gasteiger partial charge in [0.1, 0.15) is 0 Å². The van der Waals surface area contributed by atoms with Gasteiger partial charge in [0.2, 0.25) is 5.75 Å². The van der Waals surface area contributed by atoms with Gasteiger partial charge in [-0.25, -0.2) is 0 Å². The Morgan fingerprint density at radius 3 is 2.18 bits per heavy atom. The zero-order valence-corrected chi connectivity index (χ0v) is 23.2. The molecule has 0 aromatic heterocycles. The Hall–Kier alpha value is -3.69. The summed E-state index contributed by atoms with van der Waals surface area (Å²) >= 11 is 12.2. The zero-order chi connectivity index (χ0) is 27.2. The van der Waals surface area contributed by atoms with Gasteiger partial charge in [-0.15, -0.1) is 0 Å². The first-order valence-electron chi connectivity index (χ1n) is 11.9. The van der Waals surface area contributed by atoms with Crippen molar-refractivity contribution in [2.75, 3.05) is 33.3 Å². The van der Waals surface area contributed by atoms with Crippen molar-refractivity contribution in [3.8, 4) is 28.7 Å². The molecule has 1 saturated heterocycles. The molecular formula is C28H27ClN2O6S. The maximum Gasteiger partial charge on any atom is 0.260 e. The van der Waals surface area contributed by atoms with Gasteiger partial charge in [0.05, 0.1) is 34.5 Å². The monoisotopic (exact) mass is 554 g/mol. The molecule has 2 aliphatic heterocycles. The second kappa shape index (κ2) is 9.89. The van der Waals surface area contributed by atoms with E-state index in [1.165, 1.54) is 21.3 Å². The number of benzene rings is 3. The third kappa shape index (κ3) is 4.06. The highest BCUT2D eigenvalue weighted by Crippen LogP contribution is 2.53. The van der Waals surface area contributed by atoms with Crippen LogP contribution in [0.3, 0.4) is 0 Å². The van der Waals surface area contributed by atoms with Crippen molar-refractivity contribution in [1.82, 2.24) is 4.90 Å². The number of hydrogen-bond donors (Lipinski definition) is 0. The number of thiocarbonyl (C=S) groups is 1. The fourth-order valence-corrected chi connectivity index (χ4v) is 5.79. The van der Waals surface area contributed by atoms with Crippen LogP contribution < -0.4 is 28.6 Å². The first-order valence-corrected chi connectivity index (χ1v) is 12.6. The molecule has 10 heteroatoms. The van der Waals surface area contributed by atoms with Crippen molar-refractivity contribution in [1.29, 1.82) is 0 Å². The minimum absolute atomic E-state index is 0.290. The third-order valence-corrected chi connectivity index (χ3v) is 7.51. The average Bonchev–Trinajstić information content (AvgIpc) is 2.92. The summed E-state index contributed by atoms with van der Waals surface area (Å²) in [5.41, 5.74) is 0.975. The molecule has 38 heavy (non-hydrogen) atoms. The smallest absolute Gasteiger partial charge is 0.260 e. The van der Waals surface area contributed by atoms with Crippen molar-refractivity contribution >= 4 is 40.5 Å². The van der Waals surface area contributed by atoms with Crippen LogP contribution in [0.15, 0.2) is 54.6 Å². The normalized spacial score (nSPS) is 19.8. The number of anilines is 1. The molecule has 0 unspecified atom stereocenters. The van der Waals surface area contributed by atoms with Gasteiger partial charge in [-0.3, -0.25) is 14.6 Å². The highest BCUT2D eigenvalue weighted by molar-refractivity contribution is 7.80. The SMILES string of the molecule is COc1cc(C(=O)N2C(=S)N(c3ccc(Cl)cc3)[C@]3(C)C[C@H]2c2cccc(OC)c2O3)cc(OC)c1OC. The molecule has 0 saturated carbocycles. The summed E-state index contributed by atoms with van der Waals surface area (Å²) in [6.07, 6.45) is 0.450. The molecule has 2 aliphatic rings. The number of carbonyl (C=O) groups is 1. The van der Waals surface area contributed by atoms with Crippen LogP contribution in [-0.4, -0.2) is 50.1 Å². The van der Waals surface area contributed by atoms with E-state index in [0.717, 1.165) is 11.3 Å². The predicted molar refractivity (Wildman–Crippen MR) is 148 cm³/mol. The Bertz CT molecular complexity index is 1390. The Morgan fingerprint density at radius 1 is 0.974 bits per heavy atom. The second-order valence-corrected chi connectivity index (χ2v) is 9.86. The maximum absolute atomic E-state index is 14.3. The van der Waals surface area contributed by atoms with Gasteiger partial charge in [0.15, 0.2) is 33.8 Å². The van der Waals surface area contributed by atoms with E-state index in [0.29, 0.717) is 50.9 Å². The number of amides is 1. The molecule has 0 spiro atoms. The summed E-state index contributed by atoms with van der Waals surface area (Å²) < 4.78 is 28.7. The minimum Gasteiger partial charge on any atom is -0.493 e. The van der Waals surface area contributed by atoms with Gasteiger partial charge in [-0.2, -0.15) is 0 Å². The molecule has 2 atom stereocenters. The molecule has 1 amide bonds. The molecule has 1 fully saturated rings. The van der Waals surface area contributed by atoms with Crippen molar-refractivity contribution in [2.45, 2.75) is 25.1 Å². The molecule has 198 valence electrons. The number of methoxy groups -OCH3 is 4. The summed E-state index contributed by atoms with van der Waals surface area (Å²) in [6, 6.07) is 15.7. The maximum atomic E-state index is 14.3. The van der Waals surface area contributed by atoms with Crippen LogP contribution in [0.1, 0.15) is 35.3 Å². The fourth-order valence-electron chi connectivity index (χ4n) is 5.15. The molecule has 3 aromatic carbocycles. The van der Waals surface area contributed by atoms with Crippen molar-refractivity contribution in [2.24, 2.45) is 0 Å². The zero-order valence-electron chi connectivity index (χ0n) is 21.6. The Kier molecular flexibility index (Phi) is 6.75. The second-order valence-electron chi connectivity index (χ2n) is 9.06. The van der Waals surface area contributed by atoms with Gasteiger partial charge in [-0.05, 0) is 61.6 Å². The van der Waals surface area contributed by atoms with Crippen LogP contribution in [0.5, 0.6) is 28.7 Å². The van der Waals surface area contributed by atoms with Crippen molar-refractivity contribution in [3.63, 3.8) is 0 Å². The van der Waals surface area contributed by atoms with Gasteiger partial charge in [-0.1, -0.05) is 23.7 Å². The van der Waals surface area contributed by atoms with E-state index < -0.39 is 11.8 Å². The Balaban J connectivity index is 1.70. The number of carbonyl (C=O) groups excluding carboxylic acids is 1. The van der Waals surface area contributed by atoms with E-state index in [2.05, 4.69) is 0 Å².